The molecule has 0 saturated carbocycles. The SMILES string of the molecule is CCCNC(=O)c1cccc(C(=O)NCc2ccccc2CO)c1. The fraction of sp³-hybridized carbons (Fsp3) is 0.263. The van der Waals surface area contributed by atoms with E-state index in [2.05, 4.69) is 10.6 Å². The summed E-state index contributed by atoms with van der Waals surface area (Å²) in [5.41, 5.74) is 2.54. The van der Waals surface area contributed by atoms with Crippen LogP contribution < -0.4 is 10.6 Å². The number of aliphatic hydroxyl groups is 1. The average molecular weight is 326 g/mol. The number of benzene rings is 2. The second-order valence-electron chi connectivity index (χ2n) is 5.45. The summed E-state index contributed by atoms with van der Waals surface area (Å²) in [5, 5.41) is 14.9. The van der Waals surface area contributed by atoms with Crippen LogP contribution in [0.5, 0.6) is 0 Å². The van der Waals surface area contributed by atoms with Gasteiger partial charge in [0.05, 0.1) is 6.61 Å². The Hall–Kier alpha value is -2.66. The lowest BCUT2D eigenvalue weighted by Gasteiger charge is -2.10. The van der Waals surface area contributed by atoms with E-state index in [-0.39, 0.29) is 18.4 Å². The van der Waals surface area contributed by atoms with Gasteiger partial charge in [-0.3, -0.25) is 9.59 Å². The number of rotatable bonds is 7. The quantitative estimate of drug-likeness (QED) is 0.730. The Morgan fingerprint density at radius 3 is 2.17 bits per heavy atom. The highest BCUT2D eigenvalue weighted by Gasteiger charge is 2.10. The molecule has 3 N–H and O–H groups in total. The molecule has 0 heterocycles. The number of hydrogen-bond donors (Lipinski definition) is 3. The van der Waals surface area contributed by atoms with E-state index in [9.17, 15) is 14.7 Å². The van der Waals surface area contributed by atoms with Crippen molar-refractivity contribution < 1.29 is 14.7 Å². The monoisotopic (exact) mass is 326 g/mol. The number of aliphatic hydroxyl groups excluding tert-OH is 1. The van der Waals surface area contributed by atoms with Crippen molar-refractivity contribution in [3.63, 3.8) is 0 Å². The molecular weight excluding hydrogens is 304 g/mol. The summed E-state index contributed by atoms with van der Waals surface area (Å²) in [6.45, 7) is 2.84. The zero-order chi connectivity index (χ0) is 17.4. The van der Waals surface area contributed by atoms with Crippen molar-refractivity contribution in [3.05, 3.63) is 70.8 Å². The number of amides is 2. The molecular formula is C19H22N2O3. The zero-order valence-corrected chi connectivity index (χ0v) is 13.7. The van der Waals surface area contributed by atoms with E-state index in [1.54, 1.807) is 24.3 Å². The van der Waals surface area contributed by atoms with Crippen LogP contribution in [0.15, 0.2) is 48.5 Å². The average Bonchev–Trinajstić information content (AvgIpc) is 2.64. The molecule has 2 aromatic carbocycles. The maximum atomic E-state index is 12.3. The molecule has 5 nitrogen and oxygen atoms in total. The van der Waals surface area contributed by atoms with E-state index >= 15 is 0 Å². The third kappa shape index (κ3) is 4.67. The first-order valence-corrected chi connectivity index (χ1v) is 7.99. The number of carbonyl (C=O) groups is 2. The van der Waals surface area contributed by atoms with Crippen LogP contribution in [-0.4, -0.2) is 23.5 Å². The summed E-state index contributed by atoms with van der Waals surface area (Å²) in [7, 11) is 0. The molecule has 0 aliphatic rings. The van der Waals surface area contributed by atoms with Gasteiger partial charge >= 0.3 is 0 Å². The smallest absolute Gasteiger partial charge is 0.251 e. The number of carbonyl (C=O) groups excluding carboxylic acids is 2. The Labute approximate surface area is 141 Å². The molecule has 2 amide bonds. The minimum Gasteiger partial charge on any atom is -0.392 e. The molecule has 0 saturated heterocycles. The molecule has 24 heavy (non-hydrogen) atoms. The Balaban J connectivity index is 2.03. The second kappa shape index (κ2) is 8.84. The molecule has 0 fully saturated rings. The lowest BCUT2D eigenvalue weighted by atomic mass is 10.1. The fourth-order valence-electron chi connectivity index (χ4n) is 2.30. The lowest BCUT2D eigenvalue weighted by molar-refractivity contribution is 0.0950. The topological polar surface area (TPSA) is 78.4 Å². The van der Waals surface area contributed by atoms with Crippen LogP contribution in [0.4, 0.5) is 0 Å². The first kappa shape index (κ1) is 17.7. The van der Waals surface area contributed by atoms with Crippen LogP contribution in [0.1, 0.15) is 45.2 Å². The molecule has 0 aliphatic heterocycles. The van der Waals surface area contributed by atoms with Gasteiger partial charge in [0.1, 0.15) is 0 Å². The summed E-state index contributed by atoms with van der Waals surface area (Å²) in [5.74, 6) is -0.440. The Kier molecular flexibility index (Phi) is 6.51. The minimum absolute atomic E-state index is 0.0703. The van der Waals surface area contributed by atoms with Gasteiger partial charge in [0.15, 0.2) is 0 Å². The number of nitrogens with one attached hydrogen (secondary N) is 2. The van der Waals surface area contributed by atoms with Crippen molar-refractivity contribution in [1.82, 2.24) is 10.6 Å². The Morgan fingerprint density at radius 2 is 1.54 bits per heavy atom. The maximum Gasteiger partial charge on any atom is 0.251 e. The fourth-order valence-corrected chi connectivity index (χ4v) is 2.30. The van der Waals surface area contributed by atoms with Crippen LogP contribution in [0.3, 0.4) is 0 Å². The van der Waals surface area contributed by atoms with Crippen LogP contribution in [0.2, 0.25) is 0 Å². The molecule has 0 spiro atoms. The summed E-state index contributed by atoms with van der Waals surface area (Å²) in [4.78, 5) is 24.3. The van der Waals surface area contributed by atoms with Gasteiger partial charge in [0.25, 0.3) is 11.8 Å². The van der Waals surface area contributed by atoms with Gasteiger partial charge in [-0.15, -0.1) is 0 Å². The van der Waals surface area contributed by atoms with E-state index in [0.717, 1.165) is 17.5 Å². The predicted octanol–water partition coefficient (Wildman–Crippen LogP) is 2.25. The standard InChI is InChI=1S/C19H22N2O3/c1-2-10-20-18(23)14-8-5-9-15(11-14)19(24)21-12-16-6-3-4-7-17(16)13-22/h3-9,11,22H,2,10,12-13H2,1H3,(H,20,23)(H,21,24). The second-order valence-corrected chi connectivity index (χ2v) is 5.45. The summed E-state index contributed by atoms with van der Waals surface area (Å²) in [6, 6.07) is 14.0. The van der Waals surface area contributed by atoms with E-state index in [4.69, 9.17) is 0 Å². The molecule has 0 radical (unpaired) electrons. The molecule has 0 aromatic heterocycles. The summed E-state index contributed by atoms with van der Waals surface area (Å²) in [6.07, 6.45) is 0.857. The molecule has 2 rings (SSSR count). The van der Waals surface area contributed by atoms with Crippen molar-refractivity contribution in [2.45, 2.75) is 26.5 Å². The van der Waals surface area contributed by atoms with Gasteiger partial charge in [-0.05, 0) is 35.7 Å². The number of hydrogen-bond acceptors (Lipinski definition) is 3. The summed E-state index contributed by atoms with van der Waals surface area (Å²) < 4.78 is 0. The van der Waals surface area contributed by atoms with E-state index in [0.29, 0.717) is 24.2 Å². The van der Waals surface area contributed by atoms with Gasteiger partial charge in [0.2, 0.25) is 0 Å². The van der Waals surface area contributed by atoms with Gasteiger partial charge in [-0.1, -0.05) is 37.3 Å². The Bertz CT molecular complexity index is 713. The first-order chi connectivity index (χ1) is 11.7. The molecule has 5 heteroatoms. The van der Waals surface area contributed by atoms with Crippen molar-refractivity contribution in [2.24, 2.45) is 0 Å². The maximum absolute atomic E-state index is 12.3. The van der Waals surface area contributed by atoms with Crippen molar-refractivity contribution >= 4 is 11.8 Å². The lowest BCUT2D eigenvalue weighted by Crippen LogP contribution is -2.26. The van der Waals surface area contributed by atoms with Gasteiger partial charge in [-0.2, -0.15) is 0 Å². The van der Waals surface area contributed by atoms with Crippen LogP contribution >= 0.6 is 0 Å². The van der Waals surface area contributed by atoms with Crippen LogP contribution in [-0.2, 0) is 13.2 Å². The first-order valence-electron chi connectivity index (χ1n) is 7.99. The highest BCUT2D eigenvalue weighted by Crippen LogP contribution is 2.10. The minimum atomic E-state index is -0.257. The van der Waals surface area contributed by atoms with Gasteiger partial charge < -0.3 is 15.7 Å². The van der Waals surface area contributed by atoms with Crippen molar-refractivity contribution in [1.29, 1.82) is 0 Å². The Morgan fingerprint density at radius 1 is 0.917 bits per heavy atom. The predicted molar refractivity (Wildman–Crippen MR) is 92.6 cm³/mol. The van der Waals surface area contributed by atoms with Crippen molar-refractivity contribution in [2.75, 3.05) is 6.54 Å². The van der Waals surface area contributed by atoms with E-state index in [1.807, 2.05) is 31.2 Å². The molecule has 0 unspecified atom stereocenters. The molecule has 0 aliphatic carbocycles. The molecule has 0 atom stereocenters. The molecule has 2 aromatic rings. The van der Waals surface area contributed by atoms with Gasteiger partial charge in [0, 0.05) is 24.2 Å². The van der Waals surface area contributed by atoms with Crippen LogP contribution in [0.25, 0.3) is 0 Å². The largest absolute Gasteiger partial charge is 0.392 e. The summed E-state index contributed by atoms with van der Waals surface area (Å²) >= 11 is 0. The zero-order valence-electron chi connectivity index (χ0n) is 13.7. The van der Waals surface area contributed by atoms with E-state index < -0.39 is 0 Å². The molecule has 0 bridgehead atoms. The molecule has 126 valence electrons. The van der Waals surface area contributed by atoms with Crippen molar-refractivity contribution in [3.8, 4) is 0 Å². The van der Waals surface area contributed by atoms with Gasteiger partial charge in [-0.25, -0.2) is 0 Å². The normalized spacial score (nSPS) is 10.2. The third-order valence-corrected chi connectivity index (χ3v) is 3.65. The highest BCUT2D eigenvalue weighted by molar-refractivity contribution is 5.99. The highest BCUT2D eigenvalue weighted by atomic mass is 16.3. The van der Waals surface area contributed by atoms with Crippen LogP contribution in [0, 0.1) is 0 Å². The van der Waals surface area contributed by atoms with E-state index in [1.165, 1.54) is 0 Å². The third-order valence-electron chi connectivity index (χ3n) is 3.65.